The minimum absolute atomic E-state index is 0.159. The maximum absolute atomic E-state index is 14.0. The van der Waals surface area contributed by atoms with Crippen LogP contribution in [-0.4, -0.2) is 27.4 Å². The highest BCUT2D eigenvalue weighted by molar-refractivity contribution is 7.93. The number of nitrogens with zero attached hydrogens (tertiary/aromatic N) is 1. The van der Waals surface area contributed by atoms with Gasteiger partial charge in [0, 0.05) is 13.5 Å². The summed E-state index contributed by atoms with van der Waals surface area (Å²) in [6.07, 6.45) is 0.159. The molecule has 0 spiro atoms. The standard InChI is InChI=1S/C16H14F2N2O3S/c1-19-16(21)14-8-10-4-2-3-5-13(10)20(14)24(22,23)15-9-11(17)6-7-12(15)18/h2-7,9,14H,8H2,1H3,(H,19,21). The predicted octanol–water partition coefficient (Wildman–Crippen LogP) is 1.83. The minimum Gasteiger partial charge on any atom is -0.357 e. The highest BCUT2D eigenvalue weighted by Gasteiger charge is 2.42. The Morgan fingerprint density at radius 1 is 1.21 bits per heavy atom. The molecule has 2 aromatic carbocycles. The molecule has 126 valence electrons. The molecule has 3 rings (SSSR count). The minimum atomic E-state index is -4.45. The number of fused-ring (bicyclic) bond motifs is 1. The number of benzene rings is 2. The molecule has 1 aliphatic heterocycles. The SMILES string of the molecule is CNC(=O)C1Cc2ccccc2N1S(=O)(=O)c1cc(F)ccc1F. The lowest BCUT2D eigenvalue weighted by molar-refractivity contribution is -0.121. The van der Waals surface area contributed by atoms with Gasteiger partial charge in [0.1, 0.15) is 22.6 Å². The van der Waals surface area contributed by atoms with Crippen molar-refractivity contribution in [2.75, 3.05) is 11.4 Å². The van der Waals surface area contributed by atoms with Gasteiger partial charge in [-0.2, -0.15) is 0 Å². The molecule has 1 aliphatic rings. The topological polar surface area (TPSA) is 66.5 Å². The van der Waals surface area contributed by atoms with E-state index < -0.39 is 38.5 Å². The van der Waals surface area contributed by atoms with Crippen LogP contribution in [0.1, 0.15) is 5.56 Å². The smallest absolute Gasteiger partial charge is 0.268 e. The van der Waals surface area contributed by atoms with Gasteiger partial charge in [-0.25, -0.2) is 17.2 Å². The zero-order valence-corrected chi connectivity index (χ0v) is 13.5. The van der Waals surface area contributed by atoms with E-state index in [9.17, 15) is 22.0 Å². The molecular formula is C16H14F2N2O3S. The number of amides is 1. The summed E-state index contributed by atoms with van der Waals surface area (Å²) in [5, 5.41) is 2.41. The van der Waals surface area contributed by atoms with E-state index in [1.807, 2.05) is 0 Å². The molecule has 24 heavy (non-hydrogen) atoms. The van der Waals surface area contributed by atoms with E-state index in [-0.39, 0.29) is 12.1 Å². The summed E-state index contributed by atoms with van der Waals surface area (Å²) in [5.41, 5.74) is 0.932. The Balaban J connectivity index is 2.19. The molecule has 0 saturated carbocycles. The van der Waals surface area contributed by atoms with E-state index in [4.69, 9.17) is 0 Å². The average Bonchev–Trinajstić information content (AvgIpc) is 2.96. The maximum atomic E-state index is 14.0. The van der Waals surface area contributed by atoms with Crippen LogP contribution in [0.2, 0.25) is 0 Å². The molecular weight excluding hydrogens is 338 g/mol. The first kappa shape index (κ1) is 16.4. The van der Waals surface area contributed by atoms with Gasteiger partial charge in [0.2, 0.25) is 5.91 Å². The number of para-hydroxylation sites is 1. The molecule has 0 aromatic heterocycles. The molecule has 0 radical (unpaired) electrons. The molecule has 1 amide bonds. The van der Waals surface area contributed by atoms with Gasteiger partial charge < -0.3 is 5.32 Å². The number of carbonyl (C=O) groups excluding carboxylic acids is 1. The Morgan fingerprint density at radius 2 is 1.92 bits per heavy atom. The van der Waals surface area contributed by atoms with Gasteiger partial charge in [-0.3, -0.25) is 9.10 Å². The molecule has 2 aromatic rings. The Hall–Kier alpha value is -2.48. The third-order valence-corrected chi connectivity index (χ3v) is 5.74. The Kier molecular flexibility index (Phi) is 4.00. The number of sulfonamides is 1. The van der Waals surface area contributed by atoms with Crippen LogP contribution in [0.25, 0.3) is 0 Å². The summed E-state index contributed by atoms with van der Waals surface area (Å²) >= 11 is 0. The predicted molar refractivity (Wildman–Crippen MR) is 84.0 cm³/mol. The van der Waals surface area contributed by atoms with Crippen molar-refractivity contribution in [1.82, 2.24) is 5.32 Å². The zero-order valence-electron chi connectivity index (χ0n) is 12.7. The van der Waals surface area contributed by atoms with E-state index in [1.54, 1.807) is 18.2 Å². The van der Waals surface area contributed by atoms with Gasteiger partial charge in [0.05, 0.1) is 5.69 Å². The second-order valence-electron chi connectivity index (χ2n) is 5.34. The molecule has 0 fully saturated rings. The Bertz CT molecular complexity index is 915. The molecule has 5 nitrogen and oxygen atoms in total. The summed E-state index contributed by atoms with van der Waals surface area (Å²) in [6, 6.07) is 7.72. The number of hydrogen-bond acceptors (Lipinski definition) is 3. The van der Waals surface area contributed by atoms with Crippen LogP contribution in [0.5, 0.6) is 0 Å². The van der Waals surface area contributed by atoms with Crippen LogP contribution < -0.4 is 9.62 Å². The molecule has 1 atom stereocenters. The normalized spacial score (nSPS) is 16.8. The van der Waals surface area contributed by atoms with E-state index in [0.717, 1.165) is 16.4 Å². The van der Waals surface area contributed by atoms with E-state index in [0.29, 0.717) is 11.6 Å². The van der Waals surface area contributed by atoms with E-state index >= 15 is 0 Å². The Morgan fingerprint density at radius 3 is 2.62 bits per heavy atom. The number of halogens is 2. The van der Waals surface area contributed by atoms with Crippen LogP contribution >= 0.6 is 0 Å². The third-order valence-electron chi connectivity index (χ3n) is 3.90. The second-order valence-corrected chi connectivity index (χ2v) is 7.12. The number of likely N-dealkylation sites (N-methyl/N-ethyl adjacent to an activating group) is 1. The quantitative estimate of drug-likeness (QED) is 0.917. The molecule has 0 saturated heterocycles. The zero-order chi connectivity index (χ0) is 17.5. The highest BCUT2D eigenvalue weighted by atomic mass is 32.2. The first-order chi connectivity index (χ1) is 11.4. The monoisotopic (exact) mass is 352 g/mol. The number of anilines is 1. The van der Waals surface area contributed by atoms with Crippen LogP contribution in [-0.2, 0) is 21.2 Å². The number of hydrogen-bond donors (Lipinski definition) is 1. The highest BCUT2D eigenvalue weighted by Crippen LogP contribution is 2.37. The average molecular weight is 352 g/mol. The van der Waals surface area contributed by atoms with Crippen LogP contribution in [0.3, 0.4) is 0 Å². The molecule has 0 aliphatic carbocycles. The van der Waals surface area contributed by atoms with Crippen molar-refractivity contribution in [3.63, 3.8) is 0 Å². The largest absolute Gasteiger partial charge is 0.357 e. The van der Waals surface area contributed by atoms with Crippen molar-refractivity contribution in [2.24, 2.45) is 0 Å². The molecule has 8 heteroatoms. The van der Waals surface area contributed by atoms with E-state index in [2.05, 4.69) is 5.32 Å². The first-order valence-electron chi connectivity index (χ1n) is 7.15. The molecule has 1 unspecified atom stereocenters. The lowest BCUT2D eigenvalue weighted by Gasteiger charge is -2.26. The van der Waals surface area contributed by atoms with Crippen molar-refractivity contribution < 1.29 is 22.0 Å². The summed E-state index contributed by atoms with van der Waals surface area (Å²) in [7, 11) is -3.06. The number of rotatable bonds is 3. The van der Waals surface area contributed by atoms with Gasteiger partial charge >= 0.3 is 0 Å². The molecule has 1 heterocycles. The van der Waals surface area contributed by atoms with Gasteiger partial charge in [0.15, 0.2) is 0 Å². The molecule has 1 N–H and O–H groups in total. The fraction of sp³-hybridized carbons (Fsp3) is 0.188. The van der Waals surface area contributed by atoms with Gasteiger partial charge in [-0.05, 0) is 29.8 Å². The summed E-state index contributed by atoms with van der Waals surface area (Å²) in [6.45, 7) is 0. The maximum Gasteiger partial charge on any atom is 0.268 e. The van der Waals surface area contributed by atoms with Gasteiger partial charge in [0.25, 0.3) is 10.0 Å². The van der Waals surface area contributed by atoms with Crippen molar-refractivity contribution in [3.05, 3.63) is 59.7 Å². The lowest BCUT2D eigenvalue weighted by atomic mass is 10.1. The van der Waals surface area contributed by atoms with Crippen molar-refractivity contribution in [2.45, 2.75) is 17.4 Å². The summed E-state index contributed by atoms with van der Waals surface area (Å²) in [4.78, 5) is 11.3. The van der Waals surface area contributed by atoms with Crippen molar-refractivity contribution in [3.8, 4) is 0 Å². The van der Waals surface area contributed by atoms with Crippen molar-refractivity contribution in [1.29, 1.82) is 0 Å². The summed E-state index contributed by atoms with van der Waals surface area (Å²) in [5.74, 6) is -2.47. The summed E-state index contributed by atoms with van der Waals surface area (Å²) < 4.78 is 54.2. The van der Waals surface area contributed by atoms with E-state index in [1.165, 1.54) is 13.1 Å². The second kappa shape index (κ2) is 5.86. The van der Waals surface area contributed by atoms with Crippen LogP contribution in [0.4, 0.5) is 14.5 Å². The number of nitrogens with one attached hydrogen (secondary N) is 1. The fourth-order valence-corrected chi connectivity index (χ4v) is 4.53. The fourth-order valence-electron chi connectivity index (χ4n) is 2.80. The van der Waals surface area contributed by atoms with Gasteiger partial charge in [-0.15, -0.1) is 0 Å². The Labute approximate surface area is 138 Å². The molecule has 0 bridgehead atoms. The number of carbonyl (C=O) groups is 1. The van der Waals surface area contributed by atoms with Crippen LogP contribution in [0, 0.1) is 11.6 Å². The van der Waals surface area contributed by atoms with Gasteiger partial charge in [-0.1, -0.05) is 18.2 Å². The third kappa shape index (κ3) is 2.52. The lowest BCUT2D eigenvalue weighted by Crippen LogP contribution is -2.47. The van der Waals surface area contributed by atoms with Crippen molar-refractivity contribution >= 4 is 21.6 Å². The van der Waals surface area contributed by atoms with Crippen LogP contribution in [0.15, 0.2) is 47.4 Å². The first-order valence-corrected chi connectivity index (χ1v) is 8.59.